The molecule has 4 rings (SSSR count). The number of fused-ring (bicyclic) bond motifs is 1. The third-order valence-corrected chi connectivity index (χ3v) is 5.36. The van der Waals surface area contributed by atoms with E-state index in [0.29, 0.717) is 11.4 Å². The molecule has 0 bridgehead atoms. The third kappa shape index (κ3) is 2.80. The van der Waals surface area contributed by atoms with Crippen LogP contribution in [-0.4, -0.2) is 17.7 Å². The van der Waals surface area contributed by atoms with Gasteiger partial charge in [-0.3, -0.25) is 19.3 Å². The smallest absolute Gasteiger partial charge is 0.291 e. The third-order valence-electron chi connectivity index (χ3n) is 5.05. The zero-order valence-electron chi connectivity index (χ0n) is 13.9. The minimum Gasteiger partial charge on any atom is -0.459 e. The summed E-state index contributed by atoms with van der Waals surface area (Å²) < 4.78 is 5.04. The van der Waals surface area contributed by atoms with E-state index in [4.69, 9.17) is 16.0 Å². The summed E-state index contributed by atoms with van der Waals surface area (Å²) in [7, 11) is 0. The molecular weight excluding hydrogens is 356 g/mol. The number of benzene rings is 1. The van der Waals surface area contributed by atoms with Gasteiger partial charge in [0.1, 0.15) is 0 Å². The van der Waals surface area contributed by atoms with Crippen molar-refractivity contribution in [3.05, 3.63) is 47.4 Å². The summed E-state index contributed by atoms with van der Waals surface area (Å²) in [6.45, 7) is 0. The highest BCUT2D eigenvalue weighted by Gasteiger charge is 2.48. The topological polar surface area (TPSA) is 79.6 Å². The summed E-state index contributed by atoms with van der Waals surface area (Å²) in [5.41, 5.74) is 0.823. The lowest BCUT2D eigenvalue weighted by Gasteiger charge is -2.19. The van der Waals surface area contributed by atoms with Crippen LogP contribution >= 0.6 is 11.6 Å². The van der Waals surface area contributed by atoms with Crippen LogP contribution in [0.3, 0.4) is 0 Å². The van der Waals surface area contributed by atoms with Crippen LogP contribution < -0.4 is 10.2 Å². The van der Waals surface area contributed by atoms with Crippen LogP contribution in [0.25, 0.3) is 0 Å². The van der Waals surface area contributed by atoms with Gasteiger partial charge in [0.25, 0.3) is 5.91 Å². The van der Waals surface area contributed by atoms with Crippen molar-refractivity contribution >= 4 is 40.7 Å². The SMILES string of the molecule is O=C(Nc1ccc(N2C(=O)C3CCCCC3C2=O)cc1Cl)c1ccco1. The van der Waals surface area contributed by atoms with Gasteiger partial charge < -0.3 is 9.73 Å². The van der Waals surface area contributed by atoms with Crippen LogP contribution in [0.1, 0.15) is 36.2 Å². The van der Waals surface area contributed by atoms with Gasteiger partial charge in [0, 0.05) is 0 Å². The quantitative estimate of drug-likeness (QED) is 0.829. The molecule has 26 heavy (non-hydrogen) atoms. The monoisotopic (exact) mass is 372 g/mol. The summed E-state index contributed by atoms with van der Waals surface area (Å²) in [5.74, 6) is -0.990. The lowest BCUT2D eigenvalue weighted by molar-refractivity contribution is -0.122. The van der Waals surface area contributed by atoms with Gasteiger partial charge in [0.2, 0.25) is 11.8 Å². The molecule has 1 aromatic carbocycles. The molecule has 2 atom stereocenters. The number of carbonyl (C=O) groups is 3. The first-order valence-electron chi connectivity index (χ1n) is 8.58. The Hall–Kier alpha value is -2.60. The van der Waals surface area contributed by atoms with E-state index in [1.165, 1.54) is 17.2 Å². The number of halogens is 1. The summed E-state index contributed by atoms with van der Waals surface area (Å²) in [6.07, 6.45) is 4.89. The fourth-order valence-electron chi connectivity index (χ4n) is 3.75. The molecule has 2 fully saturated rings. The van der Waals surface area contributed by atoms with E-state index in [1.54, 1.807) is 24.3 Å². The zero-order valence-corrected chi connectivity index (χ0v) is 14.7. The van der Waals surface area contributed by atoms with Gasteiger partial charge in [-0.05, 0) is 43.2 Å². The number of nitrogens with zero attached hydrogens (tertiary/aromatic N) is 1. The lowest BCUT2D eigenvalue weighted by atomic mass is 9.81. The Balaban J connectivity index is 1.57. The number of carbonyl (C=O) groups excluding carboxylic acids is 3. The van der Waals surface area contributed by atoms with Crippen LogP contribution in [0.5, 0.6) is 0 Å². The lowest BCUT2D eigenvalue weighted by Crippen LogP contribution is -2.30. The number of hydrogen-bond donors (Lipinski definition) is 1. The molecule has 1 aliphatic heterocycles. The summed E-state index contributed by atoms with van der Waals surface area (Å²) in [4.78, 5) is 38.6. The van der Waals surface area contributed by atoms with E-state index >= 15 is 0 Å². The van der Waals surface area contributed by atoms with Crippen LogP contribution in [0, 0.1) is 11.8 Å². The molecular formula is C19H17ClN2O4. The first kappa shape index (κ1) is 16.8. The van der Waals surface area contributed by atoms with Gasteiger partial charge in [-0.2, -0.15) is 0 Å². The molecule has 2 aliphatic rings. The molecule has 0 spiro atoms. The molecule has 2 unspecified atom stereocenters. The van der Waals surface area contributed by atoms with Crippen molar-refractivity contribution in [1.29, 1.82) is 0 Å². The standard InChI is InChI=1S/C19H17ClN2O4/c20-14-10-11(7-8-15(14)21-17(23)16-6-3-9-26-16)22-18(24)12-4-1-2-5-13(12)19(22)25/h3,6-10,12-13H,1-2,4-5H2,(H,21,23). The molecule has 1 aliphatic carbocycles. The average molecular weight is 373 g/mol. The Morgan fingerprint density at radius 2 is 1.81 bits per heavy atom. The fraction of sp³-hybridized carbons (Fsp3) is 0.316. The average Bonchev–Trinajstić information content (AvgIpc) is 3.26. The van der Waals surface area contributed by atoms with Crippen molar-refractivity contribution in [1.82, 2.24) is 0 Å². The van der Waals surface area contributed by atoms with Crippen molar-refractivity contribution in [2.24, 2.45) is 11.8 Å². The first-order chi connectivity index (χ1) is 12.6. The fourth-order valence-corrected chi connectivity index (χ4v) is 3.97. The maximum atomic E-state index is 12.7. The number of imide groups is 1. The van der Waals surface area contributed by atoms with Gasteiger partial charge in [0.15, 0.2) is 5.76 Å². The minimum absolute atomic E-state index is 0.150. The number of furan rings is 1. The Morgan fingerprint density at radius 3 is 2.38 bits per heavy atom. The maximum Gasteiger partial charge on any atom is 0.291 e. The first-order valence-corrected chi connectivity index (χ1v) is 8.96. The second-order valence-corrected chi connectivity index (χ2v) is 7.01. The largest absolute Gasteiger partial charge is 0.459 e. The molecule has 134 valence electrons. The molecule has 7 heteroatoms. The van der Waals surface area contributed by atoms with E-state index in [-0.39, 0.29) is 34.4 Å². The summed E-state index contributed by atoms with van der Waals surface area (Å²) in [6, 6.07) is 7.90. The predicted octanol–water partition coefficient (Wildman–Crippen LogP) is 3.86. The molecule has 1 N–H and O–H groups in total. The van der Waals surface area contributed by atoms with Gasteiger partial charge in [-0.1, -0.05) is 24.4 Å². The normalized spacial score (nSPS) is 22.4. The van der Waals surface area contributed by atoms with Crippen molar-refractivity contribution in [3.8, 4) is 0 Å². The number of hydrogen-bond acceptors (Lipinski definition) is 4. The molecule has 1 saturated heterocycles. The van der Waals surface area contributed by atoms with E-state index < -0.39 is 5.91 Å². The maximum absolute atomic E-state index is 12.7. The minimum atomic E-state index is -0.427. The van der Waals surface area contributed by atoms with Crippen molar-refractivity contribution in [2.75, 3.05) is 10.2 Å². The molecule has 3 amide bonds. The number of rotatable bonds is 3. The Bertz CT molecular complexity index is 854. The van der Waals surface area contributed by atoms with Crippen LogP contribution in [0.4, 0.5) is 11.4 Å². The van der Waals surface area contributed by atoms with Crippen molar-refractivity contribution in [2.45, 2.75) is 25.7 Å². The zero-order chi connectivity index (χ0) is 18.3. The molecule has 6 nitrogen and oxygen atoms in total. The molecule has 1 aromatic heterocycles. The number of anilines is 2. The Kier molecular flexibility index (Phi) is 4.28. The van der Waals surface area contributed by atoms with Gasteiger partial charge in [-0.25, -0.2) is 0 Å². The molecule has 0 radical (unpaired) electrons. The summed E-state index contributed by atoms with van der Waals surface area (Å²) in [5, 5.41) is 2.90. The van der Waals surface area contributed by atoms with Crippen LogP contribution in [-0.2, 0) is 9.59 Å². The predicted molar refractivity (Wildman–Crippen MR) is 96.1 cm³/mol. The highest BCUT2D eigenvalue weighted by molar-refractivity contribution is 6.34. The van der Waals surface area contributed by atoms with Crippen LogP contribution in [0.2, 0.25) is 5.02 Å². The second-order valence-electron chi connectivity index (χ2n) is 6.60. The molecule has 2 aromatic rings. The Labute approximate surface area is 155 Å². The van der Waals surface area contributed by atoms with E-state index in [0.717, 1.165) is 25.7 Å². The van der Waals surface area contributed by atoms with Gasteiger partial charge in [-0.15, -0.1) is 0 Å². The molecule has 1 saturated carbocycles. The Morgan fingerprint density at radius 1 is 1.12 bits per heavy atom. The van der Waals surface area contributed by atoms with Crippen molar-refractivity contribution < 1.29 is 18.8 Å². The van der Waals surface area contributed by atoms with E-state index in [2.05, 4.69) is 5.32 Å². The molecule has 2 heterocycles. The van der Waals surface area contributed by atoms with Gasteiger partial charge in [0.05, 0.1) is 34.5 Å². The summed E-state index contributed by atoms with van der Waals surface area (Å²) >= 11 is 6.27. The van der Waals surface area contributed by atoms with Crippen molar-refractivity contribution in [3.63, 3.8) is 0 Å². The van der Waals surface area contributed by atoms with E-state index in [9.17, 15) is 14.4 Å². The van der Waals surface area contributed by atoms with Gasteiger partial charge >= 0.3 is 0 Å². The number of nitrogens with one attached hydrogen (secondary N) is 1. The highest BCUT2D eigenvalue weighted by Crippen LogP contribution is 2.41. The second kappa shape index (κ2) is 6.61. The highest BCUT2D eigenvalue weighted by atomic mass is 35.5. The van der Waals surface area contributed by atoms with Crippen LogP contribution in [0.15, 0.2) is 41.0 Å². The van der Waals surface area contributed by atoms with E-state index in [1.807, 2.05) is 0 Å². The number of amides is 3.